The second kappa shape index (κ2) is 5.12. The molecule has 0 saturated carbocycles. The summed E-state index contributed by atoms with van der Waals surface area (Å²) >= 11 is 5.13. The molecular formula is C11H15BrO2S. The molecule has 84 valence electrons. The predicted molar refractivity (Wildman–Crippen MR) is 66.4 cm³/mol. The van der Waals surface area contributed by atoms with Crippen LogP contribution in [-0.2, 0) is 11.2 Å². The Bertz CT molecular complexity index is 344. The van der Waals surface area contributed by atoms with Crippen molar-refractivity contribution >= 4 is 33.2 Å². The van der Waals surface area contributed by atoms with Gasteiger partial charge in [0.15, 0.2) is 0 Å². The average molecular weight is 291 g/mol. The van der Waals surface area contributed by atoms with E-state index in [-0.39, 0.29) is 0 Å². The summed E-state index contributed by atoms with van der Waals surface area (Å²) in [6, 6.07) is 4.12. The van der Waals surface area contributed by atoms with Crippen molar-refractivity contribution in [3.8, 4) is 0 Å². The van der Waals surface area contributed by atoms with Crippen molar-refractivity contribution in [3.63, 3.8) is 0 Å². The Balaban J connectivity index is 2.36. The first-order valence-corrected chi connectivity index (χ1v) is 6.50. The summed E-state index contributed by atoms with van der Waals surface area (Å²) in [5.74, 6) is -0.713. The van der Waals surface area contributed by atoms with E-state index < -0.39 is 11.4 Å². The molecule has 1 aromatic heterocycles. The van der Waals surface area contributed by atoms with Crippen LogP contribution in [0.4, 0.5) is 0 Å². The minimum atomic E-state index is -0.713. The quantitative estimate of drug-likeness (QED) is 0.892. The minimum Gasteiger partial charge on any atom is -0.481 e. The topological polar surface area (TPSA) is 37.3 Å². The van der Waals surface area contributed by atoms with Crippen LogP contribution in [0.25, 0.3) is 0 Å². The van der Waals surface area contributed by atoms with Gasteiger partial charge in [0.2, 0.25) is 0 Å². The SMILES string of the molecule is CC(C)(CCCc1ccc(Br)s1)C(=O)O. The molecular weight excluding hydrogens is 276 g/mol. The Labute approximate surface area is 102 Å². The molecule has 2 nitrogen and oxygen atoms in total. The molecule has 0 aliphatic carbocycles. The molecule has 0 fully saturated rings. The van der Waals surface area contributed by atoms with Gasteiger partial charge in [0.1, 0.15) is 0 Å². The zero-order valence-corrected chi connectivity index (χ0v) is 11.3. The summed E-state index contributed by atoms with van der Waals surface area (Å²) in [6.07, 6.45) is 2.61. The number of rotatable bonds is 5. The van der Waals surface area contributed by atoms with E-state index in [1.807, 2.05) is 6.07 Å². The number of carbonyl (C=O) groups is 1. The molecule has 0 saturated heterocycles. The monoisotopic (exact) mass is 290 g/mol. The third-order valence-electron chi connectivity index (χ3n) is 2.43. The molecule has 0 unspecified atom stereocenters. The Morgan fingerprint density at radius 1 is 1.53 bits per heavy atom. The van der Waals surface area contributed by atoms with E-state index in [0.29, 0.717) is 0 Å². The fraction of sp³-hybridized carbons (Fsp3) is 0.545. The van der Waals surface area contributed by atoms with E-state index in [1.54, 1.807) is 25.2 Å². The number of carboxylic acid groups (broad SMARTS) is 1. The molecule has 0 aromatic carbocycles. The van der Waals surface area contributed by atoms with Crippen molar-refractivity contribution in [2.24, 2.45) is 5.41 Å². The smallest absolute Gasteiger partial charge is 0.309 e. The van der Waals surface area contributed by atoms with Gasteiger partial charge < -0.3 is 5.11 Å². The van der Waals surface area contributed by atoms with Gasteiger partial charge in [0.05, 0.1) is 9.20 Å². The maximum atomic E-state index is 10.9. The lowest BCUT2D eigenvalue weighted by atomic mass is 9.87. The van der Waals surface area contributed by atoms with Gasteiger partial charge in [0, 0.05) is 4.88 Å². The van der Waals surface area contributed by atoms with E-state index in [1.165, 1.54) is 4.88 Å². The van der Waals surface area contributed by atoms with Crippen LogP contribution in [0.5, 0.6) is 0 Å². The van der Waals surface area contributed by atoms with Crippen molar-refractivity contribution < 1.29 is 9.90 Å². The molecule has 0 bridgehead atoms. The van der Waals surface area contributed by atoms with Crippen LogP contribution in [-0.4, -0.2) is 11.1 Å². The largest absolute Gasteiger partial charge is 0.481 e. The van der Waals surface area contributed by atoms with Crippen LogP contribution in [0.1, 0.15) is 31.6 Å². The molecule has 1 N–H and O–H groups in total. The van der Waals surface area contributed by atoms with Gasteiger partial charge in [-0.2, -0.15) is 0 Å². The molecule has 1 aromatic rings. The normalized spacial score (nSPS) is 11.7. The van der Waals surface area contributed by atoms with Gasteiger partial charge >= 0.3 is 5.97 Å². The zero-order chi connectivity index (χ0) is 11.5. The molecule has 0 radical (unpaired) electrons. The molecule has 1 rings (SSSR count). The molecule has 0 spiro atoms. The predicted octanol–water partition coefficient (Wildman–Crippen LogP) is 3.94. The van der Waals surface area contributed by atoms with Crippen LogP contribution in [0.15, 0.2) is 15.9 Å². The Kier molecular flexibility index (Phi) is 4.34. The number of hydrogen-bond donors (Lipinski definition) is 1. The summed E-state index contributed by atoms with van der Waals surface area (Å²) in [6.45, 7) is 3.55. The van der Waals surface area contributed by atoms with Gasteiger partial charge in [-0.1, -0.05) is 0 Å². The van der Waals surface area contributed by atoms with Crippen molar-refractivity contribution in [2.75, 3.05) is 0 Å². The third-order valence-corrected chi connectivity index (χ3v) is 4.12. The standard InChI is InChI=1S/C11H15BrO2S/c1-11(2,10(13)14)7-3-4-8-5-6-9(12)15-8/h5-6H,3-4,7H2,1-2H3,(H,13,14). The van der Waals surface area contributed by atoms with Crippen molar-refractivity contribution in [1.29, 1.82) is 0 Å². The lowest BCUT2D eigenvalue weighted by molar-refractivity contribution is -0.147. The van der Waals surface area contributed by atoms with Crippen LogP contribution in [0.3, 0.4) is 0 Å². The lowest BCUT2D eigenvalue weighted by Gasteiger charge is -2.18. The van der Waals surface area contributed by atoms with Gasteiger partial charge in [0.25, 0.3) is 0 Å². The fourth-order valence-corrected chi connectivity index (χ4v) is 2.82. The number of aliphatic carboxylic acids is 1. The van der Waals surface area contributed by atoms with Gasteiger partial charge in [-0.15, -0.1) is 11.3 Å². The second-order valence-electron chi connectivity index (χ2n) is 4.25. The van der Waals surface area contributed by atoms with E-state index in [2.05, 4.69) is 22.0 Å². The zero-order valence-electron chi connectivity index (χ0n) is 8.92. The van der Waals surface area contributed by atoms with Crippen LogP contribution in [0.2, 0.25) is 0 Å². The van der Waals surface area contributed by atoms with Crippen LogP contribution in [0, 0.1) is 5.41 Å². The number of aryl methyl sites for hydroxylation is 1. The first kappa shape index (κ1) is 12.7. The first-order chi connectivity index (χ1) is 6.92. The molecule has 0 atom stereocenters. The van der Waals surface area contributed by atoms with Crippen molar-refractivity contribution in [2.45, 2.75) is 33.1 Å². The second-order valence-corrected chi connectivity index (χ2v) is 6.80. The molecule has 15 heavy (non-hydrogen) atoms. The molecule has 0 amide bonds. The van der Waals surface area contributed by atoms with E-state index in [0.717, 1.165) is 23.0 Å². The molecule has 1 heterocycles. The fourth-order valence-electron chi connectivity index (χ4n) is 1.30. The first-order valence-electron chi connectivity index (χ1n) is 4.89. The molecule has 0 aliphatic heterocycles. The summed E-state index contributed by atoms with van der Waals surface area (Å²) in [5, 5.41) is 8.94. The number of hydrogen-bond acceptors (Lipinski definition) is 2. The highest BCUT2D eigenvalue weighted by Crippen LogP contribution is 2.27. The van der Waals surface area contributed by atoms with Crippen LogP contribution < -0.4 is 0 Å². The van der Waals surface area contributed by atoms with E-state index in [9.17, 15) is 4.79 Å². The average Bonchev–Trinajstić information content (AvgIpc) is 2.51. The lowest BCUT2D eigenvalue weighted by Crippen LogP contribution is -2.23. The van der Waals surface area contributed by atoms with Gasteiger partial charge in [-0.05, 0) is 61.2 Å². The summed E-state index contributed by atoms with van der Waals surface area (Å²) in [4.78, 5) is 12.2. The van der Waals surface area contributed by atoms with E-state index >= 15 is 0 Å². The summed E-state index contributed by atoms with van der Waals surface area (Å²) in [7, 11) is 0. The molecule has 0 aliphatic rings. The van der Waals surface area contributed by atoms with Crippen molar-refractivity contribution in [3.05, 3.63) is 20.8 Å². The highest BCUT2D eigenvalue weighted by Gasteiger charge is 2.26. The summed E-state index contributed by atoms with van der Waals surface area (Å²) < 4.78 is 1.13. The Morgan fingerprint density at radius 3 is 2.67 bits per heavy atom. The van der Waals surface area contributed by atoms with Gasteiger partial charge in [-0.25, -0.2) is 0 Å². The number of halogens is 1. The Morgan fingerprint density at radius 2 is 2.20 bits per heavy atom. The molecule has 4 heteroatoms. The highest BCUT2D eigenvalue weighted by atomic mass is 79.9. The van der Waals surface area contributed by atoms with Crippen LogP contribution >= 0.6 is 27.3 Å². The maximum Gasteiger partial charge on any atom is 0.309 e. The summed E-state index contributed by atoms with van der Waals surface area (Å²) in [5.41, 5.74) is -0.603. The Hall–Kier alpha value is -0.350. The number of thiophene rings is 1. The number of carboxylic acids is 1. The maximum absolute atomic E-state index is 10.9. The van der Waals surface area contributed by atoms with Gasteiger partial charge in [-0.3, -0.25) is 4.79 Å². The van der Waals surface area contributed by atoms with E-state index in [4.69, 9.17) is 5.11 Å². The third kappa shape index (κ3) is 3.95. The van der Waals surface area contributed by atoms with Crippen molar-refractivity contribution in [1.82, 2.24) is 0 Å². The minimum absolute atomic E-state index is 0.603. The highest BCUT2D eigenvalue weighted by molar-refractivity contribution is 9.11.